The second-order valence-corrected chi connectivity index (χ2v) is 3.66. The van der Waals surface area contributed by atoms with Gasteiger partial charge in [0.1, 0.15) is 0 Å². The van der Waals surface area contributed by atoms with Gasteiger partial charge in [-0.25, -0.2) is 0 Å². The van der Waals surface area contributed by atoms with Crippen molar-refractivity contribution < 1.29 is 0 Å². The van der Waals surface area contributed by atoms with E-state index in [4.69, 9.17) is 10.5 Å². The highest BCUT2D eigenvalue weighted by Crippen LogP contribution is 2.22. The van der Waals surface area contributed by atoms with E-state index in [1.807, 2.05) is 13.0 Å². The van der Waals surface area contributed by atoms with E-state index in [2.05, 4.69) is 26.0 Å². The van der Waals surface area contributed by atoms with Gasteiger partial charge in [-0.15, -0.1) is 0 Å². The molecule has 2 atom stereocenters. The lowest BCUT2D eigenvalue weighted by atomic mass is 9.89. The van der Waals surface area contributed by atoms with E-state index in [-0.39, 0.29) is 5.92 Å². The number of rotatable bonds is 5. The van der Waals surface area contributed by atoms with Gasteiger partial charge in [0.15, 0.2) is 0 Å². The lowest BCUT2D eigenvalue weighted by Crippen LogP contribution is -2.04. The zero-order chi connectivity index (χ0) is 11.0. The molecule has 0 amide bonds. The van der Waals surface area contributed by atoms with Crippen molar-refractivity contribution in [2.75, 3.05) is 0 Å². The summed E-state index contributed by atoms with van der Waals surface area (Å²) in [6.45, 7) is 6.16. The molecule has 0 aliphatic carbocycles. The van der Waals surface area contributed by atoms with Crippen molar-refractivity contribution >= 4 is 0 Å². The van der Waals surface area contributed by atoms with E-state index >= 15 is 0 Å². The number of nitrogens with zero attached hydrogens (tertiary/aromatic N) is 2. The van der Waals surface area contributed by atoms with Gasteiger partial charge < -0.3 is 0 Å². The Morgan fingerprint density at radius 2 is 2.00 bits per heavy atom. The van der Waals surface area contributed by atoms with Crippen LogP contribution in [0.4, 0.5) is 0 Å². The standard InChI is InChI=1S/C12H18N2/c1-4-12(6-5-7-13)11(3)8-10(2)9-14/h6,10-11H,4-5,8H2,1-3H3. The zero-order valence-corrected chi connectivity index (χ0v) is 9.25. The summed E-state index contributed by atoms with van der Waals surface area (Å²) in [6.07, 6.45) is 4.34. The first-order chi connectivity index (χ1) is 6.65. The predicted octanol–water partition coefficient (Wildman–Crippen LogP) is 3.42. The fourth-order valence-electron chi connectivity index (χ4n) is 1.61. The zero-order valence-electron chi connectivity index (χ0n) is 9.25. The van der Waals surface area contributed by atoms with Crippen LogP contribution >= 0.6 is 0 Å². The number of hydrogen-bond donors (Lipinski definition) is 0. The minimum atomic E-state index is 0.0991. The van der Waals surface area contributed by atoms with Crippen LogP contribution in [0.1, 0.15) is 40.0 Å². The normalized spacial score (nSPS) is 15.4. The summed E-state index contributed by atoms with van der Waals surface area (Å²) in [5.74, 6) is 0.519. The van der Waals surface area contributed by atoms with Gasteiger partial charge in [-0.05, 0) is 25.7 Å². The van der Waals surface area contributed by atoms with E-state index < -0.39 is 0 Å². The van der Waals surface area contributed by atoms with Crippen LogP contribution in [-0.2, 0) is 0 Å². The third-order valence-electron chi connectivity index (χ3n) is 2.42. The topological polar surface area (TPSA) is 47.6 Å². The van der Waals surface area contributed by atoms with Crippen molar-refractivity contribution in [3.05, 3.63) is 11.6 Å². The summed E-state index contributed by atoms with van der Waals surface area (Å²) >= 11 is 0. The maximum absolute atomic E-state index is 8.69. The molecule has 2 heteroatoms. The highest BCUT2D eigenvalue weighted by Gasteiger charge is 2.10. The third kappa shape index (κ3) is 4.67. The molecule has 0 saturated heterocycles. The smallest absolute Gasteiger partial charge is 0.0663 e. The summed E-state index contributed by atoms with van der Waals surface area (Å²) < 4.78 is 0. The van der Waals surface area contributed by atoms with Gasteiger partial charge in [0.25, 0.3) is 0 Å². The molecule has 0 aromatic carbocycles. The Labute approximate surface area is 86.8 Å². The predicted molar refractivity (Wildman–Crippen MR) is 57.2 cm³/mol. The van der Waals surface area contributed by atoms with Crippen LogP contribution in [0, 0.1) is 34.5 Å². The van der Waals surface area contributed by atoms with Crippen LogP contribution < -0.4 is 0 Å². The highest BCUT2D eigenvalue weighted by molar-refractivity contribution is 5.08. The second-order valence-electron chi connectivity index (χ2n) is 3.66. The minimum Gasteiger partial charge on any atom is -0.198 e. The van der Waals surface area contributed by atoms with Crippen molar-refractivity contribution in [3.8, 4) is 12.1 Å². The van der Waals surface area contributed by atoms with Crippen molar-refractivity contribution in [1.29, 1.82) is 10.5 Å². The molecule has 0 aromatic rings. The molecular weight excluding hydrogens is 172 g/mol. The van der Waals surface area contributed by atoms with Crippen LogP contribution in [0.15, 0.2) is 11.6 Å². The Morgan fingerprint density at radius 1 is 1.36 bits per heavy atom. The van der Waals surface area contributed by atoms with E-state index in [9.17, 15) is 0 Å². The first-order valence-corrected chi connectivity index (χ1v) is 5.11. The van der Waals surface area contributed by atoms with Crippen molar-refractivity contribution in [2.24, 2.45) is 11.8 Å². The summed E-state index contributed by atoms with van der Waals surface area (Å²) in [4.78, 5) is 0. The van der Waals surface area contributed by atoms with Gasteiger partial charge >= 0.3 is 0 Å². The van der Waals surface area contributed by atoms with Gasteiger partial charge in [-0.1, -0.05) is 25.5 Å². The first kappa shape index (κ1) is 12.7. The van der Waals surface area contributed by atoms with E-state index in [1.54, 1.807) is 0 Å². The highest BCUT2D eigenvalue weighted by atomic mass is 14.3. The Kier molecular flexibility index (Phi) is 6.50. The van der Waals surface area contributed by atoms with E-state index in [1.165, 1.54) is 5.57 Å². The summed E-state index contributed by atoms with van der Waals surface area (Å²) in [5.41, 5.74) is 1.30. The van der Waals surface area contributed by atoms with Crippen LogP contribution in [0.5, 0.6) is 0 Å². The fourth-order valence-corrected chi connectivity index (χ4v) is 1.61. The quantitative estimate of drug-likeness (QED) is 0.623. The average Bonchev–Trinajstić information content (AvgIpc) is 2.18. The molecule has 0 heterocycles. The van der Waals surface area contributed by atoms with Crippen molar-refractivity contribution in [3.63, 3.8) is 0 Å². The number of hydrogen-bond acceptors (Lipinski definition) is 2. The number of nitriles is 2. The van der Waals surface area contributed by atoms with Crippen LogP contribution in [0.3, 0.4) is 0 Å². The third-order valence-corrected chi connectivity index (χ3v) is 2.42. The van der Waals surface area contributed by atoms with E-state index in [0.717, 1.165) is 12.8 Å². The Hall–Kier alpha value is -1.28. The van der Waals surface area contributed by atoms with Crippen molar-refractivity contribution in [1.82, 2.24) is 0 Å². The molecule has 0 saturated carbocycles. The molecule has 0 fully saturated rings. The minimum absolute atomic E-state index is 0.0991. The molecule has 0 rings (SSSR count). The average molecular weight is 190 g/mol. The van der Waals surface area contributed by atoms with Crippen LogP contribution in [0.25, 0.3) is 0 Å². The second kappa shape index (κ2) is 7.15. The summed E-state index contributed by atoms with van der Waals surface area (Å²) in [5, 5.41) is 17.2. The molecule has 0 aliphatic heterocycles. The van der Waals surface area contributed by atoms with Gasteiger partial charge in [-0.3, -0.25) is 0 Å². The van der Waals surface area contributed by atoms with E-state index in [0.29, 0.717) is 12.3 Å². The monoisotopic (exact) mass is 190 g/mol. The van der Waals surface area contributed by atoms with Gasteiger partial charge in [0.05, 0.1) is 18.6 Å². The Morgan fingerprint density at radius 3 is 2.43 bits per heavy atom. The molecule has 0 bridgehead atoms. The largest absolute Gasteiger partial charge is 0.198 e. The molecule has 2 nitrogen and oxygen atoms in total. The van der Waals surface area contributed by atoms with Gasteiger partial charge in [0.2, 0.25) is 0 Å². The summed E-state index contributed by atoms with van der Waals surface area (Å²) in [7, 11) is 0. The Bertz CT molecular complexity index is 265. The molecular formula is C12H18N2. The van der Waals surface area contributed by atoms with Gasteiger partial charge in [-0.2, -0.15) is 10.5 Å². The van der Waals surface area contributed by atoms with Crippen LogP contribution in [-0.4, -0.2) is 0 Å². The first-order valence-electron chi connectivity index (χ1n) is 5.11. The molecule has 0 aliphatic rings. The molecule has 14 heavy (non-hydrogen) atoms. The number of allylic oxidation sites excluding steroid dienone is 2. The molecule has 0 radical (unpaired) electrons. The summed E-state index contributed by atoms with van der Waals surface area (Å²) in [6, 6.07) is 4.35. The molecule has 0 aromatic heterocycles. The van der Waals surface area contributed by atoms with Crippen molar-refractivity contribution in [2.45, 2.75) is 40.0 Å². The maximum atomic E-state index is 8.69. The maximum Gasteiger partial charge on any atom is 0.0663 e. The Balaban J connectivity index is 4.27. The van der Waals surface area contributed by atoms with Gasteiger partial charge in [0, 0.05) is 5.92 Å². The lowest BCUT2D eigenvalue weighted by Gasteiger charge is -2.15. The molecule has 2 unspecified atom stereocenters. The lowest BCUT2D eigenvalue weighted by molar-refractivity contribution is 0.519. The fraction of sp³-hybridized carbons (Fsp3) is 0.667. The molecule has 0 spiro atoms. The molecule has 0 N–H and O–H groups in total. The molecule has 76 valence electrons. The van der Waals surface area contributed by atoms with Crippen LogP contribution in [0.2, 0.25) is 0 Å². The SMILES string of the molecule is CCC(=CCC#N)C(C)CC(C)C#N.